The third-order valence-electron chi connectivity index (χ3n) is 3.49. The summed E-state index contributed by atoms with van der Waals surface area (Å²) >= 11 is 3.39. The Morgan fingerprint density at radius 2 is 1.50 bits per heavy atom. The van der Waals surface area contributed by atoms with Crippen molar-refractivity contribution in [1.29, 1.82) is 0 Å². The first kappa shape index (κ1) is 20.0. The number of carbonyl (C=O) groups excluding carboxylic acids is 2. The number of amides is 2. The van der Waals surface area contributed by atoms with Gasteiger partial charge in [-0.3, -0.25) is 9.59 Å². The molecular weight excluding hydrogens is 396 g/mol. The molecule has 0 aliphatic carbocycles. The van der Waals surface area contributed by atoms with E-state index in [0.29, 0.717) is 22.7 Å². The zero-order valence-corrected chi connectivity index (χ0v) is 16.9. The molecule has 0 atom stereocenters. The highest BCUT2D eigenvalue weighted by Gasteiger charge is 2.15. The highest BCUT2D eigenvalue weighted by atomic mass is 79.9. The summed E-state index contributed by atoms with van der Waals surface area (Å²) in [6.07, 6.45) is -0.0419. The number of ether oxygens (including phenoxy) is 1. The van der Waals surface area contributed by atoms with Crippen LogP contribution in [0.5, 0.6) is 5.75 Å². The third-order valence-corrected chi connectivity index (χ3v) is 3.98. The molecule has 0 spiro atoms. The predicted octanol–water partition coefficient (Wildman–Crippen LogP) is 5.08. The summed E-state index contributed by atoms with van der Waals surface area (Å²) < 4.78 is 6.57. The summed E-state index contributed by atoms with van der Waals surface area (Å²) in [5.41, 5.74) is 1.78. The molecule has 2 aromatic carbocycles. The van der Waals surface area contributed by atoms with Gasteiger partial charge in [-0.15, -0.1) is 0 Å². The topological polar surface area (TPSA) is 67.4 Å². The Labute approximate surface area is 162 Å². The Morgan fingerprint density at radius 3 is 2.04 bits per heavy atom. The summed E-state index contributed by atoms with van der Waals surface area (Å²) in [4.78, 5) is 24.3. The summed E-state index contributed by atoms with van der Waals surface area (Å²) in [6.45, 7) is 7.48. The van der Waals surface area contributed by atoms with Crippen molar-refractivity contribution < 1.29 is 14.3 Å². The SMILES string of the molecule is CC(C)Oc1cc(Br)ccc1C(=O)Nc1ccc(NC(=O)C(C)C)cc1. The number of hydrogen-bond acceptors (Lipinski definition) is 3. The number of anilines is 2. The van der Waals surface area contributed by atoms with Gasteiger partial charge in [0.25, 0.3) is 5.91 Å². The Bertz CT molecular complexity index is 786. The lowest BCUT2D eigenvalue weighted by molar-refractivity contribution is -0.118. The molecule has 0 aliphatic rings. The van der Waals surface area contributed by atoms with E-state index in [1.165, 1.54) is 0 Å². The van der Waals surface area contributed by atoms with Crippen LogP contribution >= 0.6 is 15.9 Å². The molecule has 26 heavy (non-hydrogen) atoms. The smallest absolute Gasteiger partial charge is 0.259 e. The fourth-order valence-corrected chi connectivity index (χ4v) is 2.50. The van der Waals surface area contributed by atoms with Gasteiger partial charge < -0.3 is 15.4 Å². The second-order valence-corrected chi connectivity index (χ2v) is 7.40. The van der Waals surface area contributed by atoms with Crippen molar-refractivity contribution in [3.63, 3.8) is 0 Å². The van der Waals surface area contributed by atoms with E-state index in [1.807, 2.05) is 27.7 Å². The lowest BCUT2D eigenvalue weighted by Crippen LogP contribution is -2.18. The average Bonchev–Trinajstić information content (AvgIpc) is 2.56. The molecule has 0 saturated carbocycles. The molecule has 0 heterocycles. The van der Waals surface area contributed by atoms with Gasteiger partial charge in [-0.25, -0.2) is 0 Å². The van der Waals surface area contributed by atoms with Gasteiger partial charge in [0.05, 0.1) is 11.7 Å². The second kappa shape index (κ2) is 8.85. The van der Waals surface area contributed by atoms with E-state index in [1.54, 1.807) is 42.5 Å². The second-order valence-electron chi connectivity index (χ2n) is 6.48. The maximum Gasteiger partial charge on any atom is 0.259 e. The van der Waals surface area contributed by atoms with Crippen LogP contribution in [0.1, 0.15) is 38.1 Å². The maximum atomic E-state index is 12.6. The molecule has 0 fully saturated rings. The lowest BCUT2D eigenvalue weighted by atomic mass is 10.1. The van der Waals surface area contributed by atoms with Crippen LogP contribution < -0.4 is 15.4 Å². The Balaban J connectivity index is 2.11. The van der Waals surface area contributed by atoms with Gasteiger partial charge in [0.1, 0.15) is 5.75 Å². The lowest BCUT2D eigenvalue weighted by Gasteiger charge is -2.15. The van der Waals surface area contributed by atoms with Crippen molar-refractivity contribution >= 4 is 39.1 Å². The first-order chi connectivity index (χ1) is 12.3. The molecule has 0 saturated heterocycles. The van der Waals surface area contributed by atoms with Crippen molar-refractivity contribution in [2.45, 2.75) is 33.8 Å². The first-order valence-corrected chi connectivity index (χ1v) is 9.24. The van der Waals surface area contributed by atoms with Crippen LogP contribution in [-0.4, -0.2) is 17.9 Å². The summed E-state index contributed by atoms with van der Waals surface area (Å²) in [5.74, 6) is 0.123. The van der Waals surface area contributed by atoms with Crippen LogP contribution in [-0.2, 0) is 4.79 Å². The molecule has 0 radical (unpaired) electrons. The Morgan fingerprint density at radius 1 is 0.923 bits per heavy atom. The molecule has 6 heteroatoms. The molecule has 5 nitrogen and oxygen atoms in total. The first-order valence-electron chi connectivity index (χ1n) is 8.44. The molecule has 0 unspecified atom stereocenters. The largest absolute Gasteiger partial charge is 0.490 e. The number of nitrogens with one attached hydrogen (secondary N) is 2. The summed E-state index contributed by atoms with van der Waals surface area (Å²) in [5, 5.41) is 5.66. The number of hydrogen-bond donors (Lipinski definition) is 2. The maximum absolute atomic E-state index is 12.6. The van der Waals surface area contributed by atoms with Gasteiger partial charge in [0.15, 0.2) is 0 Å². The van der Waals surface area contributed by atoms with Crippen molar-refractivity contribution in [2.75, 3.05) is 10.6 Å². The van der Waals surface area contributed by atoms with Crippen LogP contribution in [0.3, 0.4) is 0 Å². The van der Waals surface area contributed by atoms with Crippen LogP contribution in [0.2, 0.25) is 0 Å². The molecule has 2 N–H and O–H groups in total. The number of rotatable bonds is 6. The Hall–Kier alpha value is -2.34. The predicted molar refractivity (Wildman–Crippen MR) is 108 cm³/mol. The standard InChI is InChI=1S/C20H23BrN2O3/c1-12(2)19(24)22-15-6-8-16(9-7-15)23-20(25)17-10-5-14(21)11-18(17)26-13(3)4/h5-13H,1-4H3,(H,22,24)(H,23,25). The van der Waals surface area contributed by atoms with Crippen molar-refractivity contribution in [3.05, 3.63) is 52.5 Å². The number of carbonyl (C=O) groups is 2. The van der Waals surface area contributed by atoms with E-state index in [2.05, 4.69) is 26.6 Å². The molecule has 138 valence electrons. The van der Waals surface area contributed by atoms with Gasteiger partial charge in [-0.2, -0.15) is 0 Å². The van der Waals surface area contributed by atoms with E-state index < -0.39 is 0 Å². The van der Waals surface area contributed by atoms with E-state index in [0.717, 1.165) is 4.47 Å². The zero-order valence-electron chi connectivity index (χ0n) is 15.3. The molecule has 0 bridgehead atoms. The number of benzene rings is 2. The monoisotopic (exact) mass is 418 g/mol. The highest BCUT2D eigenvalue weighted by molar-refractivity contribution is 9.10. The van der Waals surface area contributed by atoms with Crippen LogP contribution in [0.15, 0.2) is 46.9 Å². The van der Waals surface area contributed by atoms with Crippen molar-refractivity contribution in [3.8, 4) is 5.75 Å². The van der Waals surface area contributed by atoms with Crippen molar-refractivity contribution in [1.82, 2.24) is 0 Å². The van der Waals surface area contributed by atoms with Crippen LogP contribution in [0.25, 0.3) is 0 Å². The van der Waals surface area contributed by atoms with Crippen LogP contribution in [0, 0.1) is 5.92 Å². The minimum Gasteiger partial charge on any atom is -0.490 e. The van der Waals surface area contributed by atoms with Gasteiger partial charge in [0.2, 0.25) is 5.91 Å². The van der Waals surface area contributed by atoms with Crippen molar-refractivity contribution in [2.24, 2.45) is 5.92 Å². The van der Waals surface area contributed by atoms with E-state index in [4.69, 9.17) is 4.74 Å². The van der Waals surface area contributed by atoms with Gasteiger partial charge >= 0.3 is 0 Å². The normalized spacial score (nSPS) is 10.7. The third kappa shape index (κ3) is 5.59. The molecule has 2 aromatic rings. The zero-order chi connectivity index (χ0) is 19.3. The van der Waals surface area contributed by atoms with E-state index in [9.17, 15) is 9.59 Å². The van der Waals surface area contributed by atoms with E-state index >= 15 is 0 Å². The summed E-state index contributed by atoms with van der Waals surface area (Å²) in [7, 11) is 0. The molecule has 0 aliphatic heterocycles. The molecular formula is C20H23BrN2O3. The number of halogens is 1. The fraction of sp³-hybridized carbons (Fsp3) is 0.300. The van der Waals surface area contributed by atoms with Gasteiger partial charge in [-0.05, 0) is 56.3 Å². The van der Waals surface area contributed by atoms with Gasteiger partial charge in [-0.1, -0.05) is 29.8 Å². The highest BCUT2D eigenvalue weighted by Crippen LogP contribution is 2.26. The minimum absolute atomic E-state index is 0.0419. The quantitative estimate of drug-likeness (QED) is 0.686. The van der Waals surface area contributed by atoms with Crippen LogP contribution in [0.4, 0.5) is 11.4 Å². The molecule has 0 aromatic heterocycles. The summed E-state index contributed by atoms with van der Waals surface area (Å²) in [6, 6.07) is 12.3. The molecule has 2 rings (SSSR count). The average molecular weight is 419 g/mol. The Kier molecular flexibility index (Phi) is 6.80. The molecule has 2 amide bonds. The fourth-order valence-electron chi connectivity index (χ4n) is 2.16. The van der Waals surface area contributed by atoms with E-state index in [-0.39, 0.29) is 23.8 Å². The minimum atomic E-state index is -0.257. The van der Waals surface area contributed by atoms with Gasteiger partial charge in [0, 0.05) is 21.8 Å².